The van der Waals surface area contributed by atoms with Gasteiger partial charge in [-0.25, -0.2) is 0 Å². The molecule has 1 N–H and O–H groups in total. The Labute approximate surface area is 111 Å². The van der Waals surface area contributed by atoms with E-state index in [1.54, 1.807) is 7.11 Å². The quantitative estimate of drug-likeness (QED) is 0.840. The van der Waals surface area contributed by atoms with Crippen LogP contribution in [0.1, 0.15) is 51.9 Å². The van der Waals surface area contributed by atoms with Crippen LogP contribution >= 0.6 is 0 Å². The lowest BCUT2D eigenvalue weighted by Crippen LogP contribution is -2.47. The topological polar surface area (TPSA) is 38.7 Å². The molecule has 0 amide bonds. The van der Waals surface area contributed by atoms with Crippen LogP contribution in [0, 0.1) is 11.8 Å². The van der Waals surface area contributed by atoms with Crippen LogP contribution in [0.5, 0.6) is 0 Å². The summed E-state index contributed by atoms with van der Waals surface area (Å²) in [6, 6.07) is 0. The summed E-state index contributed by atoms with van der Waals surface area (Å²) in [6.45, 7) is 4.01. The summed E-state index contributed by atoms with van der Waals surface area (Å²) in [5, 5.41) is 10.6. The first-order valence-electron chi connectivity index (χ1n) is 7.47. The molecule has 2 fully saturated rings. The van der Waals surface area contributed by atoms with Crippen LogP contribution in [-0.4, -0.2) is 37.1 Å². The second-order valence-electron chi connectivity index (χ2n) is 6.26. The maximum Gasteiger partial charge on any atom is 0.0936 e. The molecule has 18 heavy (non-hydrogen) atoms. The number of aliphatic hydroxyl groups excluding tert-OH is 1. The predicted molar refractivity (Wildman–Crippen MR) is 71.5 cm³/mol. The third kappa shape index (κ3) is 3.25. The van der Waals surface area contributed by atoms with E-state index < -0.39 is 0 Å². The van der Waals surface area contributed by atoms with Gasteiger partial charge >= 0.3 is 0 Å². The van der Waals surface area contributed by atoms with Gasteiger partial charge in [-0.05, 0) is 56.8 Å². The van der Waals surface area contributed by atoms with Crippen molar-refractivity contribution in [1.29, 1.82) is 0 Å². The second-order valence-corrected chi connectivity index (χ2v) is 6.26. The van der Waals surface area contributed by atoms with Crippen LogP contribution in [-0.2, 0) is 9.47 Å². The number of methoxy groups -OCH3 is 1. The van der Waals surface area contributed by atoms with Gasteiger partial charge in [0, 0.05) is 20.3 Å². The van der Waals surface area contributed by atoms with Crippen molar-refractivity contribution in [2.24, 2.45) is 11.8 Å². The molecule has 1 aliphatic carbocycles. The molecule has 2 rings (SSSR count). The first-order valence-corrected chi connectivity index (χ1v) is 7.47. The molecule has 1 saturated heterocycles. The SMILES string of the molecule is COC1(C(O)CC2CCOCC2)CCC(C)CC1. The second kappa shape index (κ2) is 6.36. The van der Waals surface area contributed by atoms with E-state index in [2.05, 4.69) is 6.92 Å². The van der Waals surface area contributed by atoms with E-state index in [1.165, 1.54) is 12.8 Å². The molecule has 0 spiro atoms. The molecule has 1 atom stereocenters. The fourth-order valence-electron chi connectivity index (χ4n) is 3.44. The largest absolute Gasteiger partial charge is 0.390 e. The van der Waals surface area contributed by atoms with Gasteiger partial charge in [0.25, 0.3) is 0 Å². The van der Waals surface area contributed by atoms with Crippen LogP contribution in [0.15, 0.2) is 0 Å². The molecule has 2 aliphatic rings. The molecule has 0 bridgehead atoms. The van der Waals surface area contributed by atoms with E-state index in [4.69, 9.17) is 9.47 Å². The standard InChI is InChI=1S/C15H28O3/c1-12-3-7-15(17-2,8-4-12)14(16)11-13-5-9-18-10-6-13/h12-14,16H,3-11H2,1-2H3. The van der Waals surface area contributed by atoms with Gasteiger partial charge < -0.3 is 14.6 Å². The number of aliphatic hydroxyl groups is 1. The Morgan fingerprint density at radius 1 is 1.22 bits per heavy atom. The molecular formula is C15H28O3. The Bertz CT molecular complexity index is 240. The highest BCUT2D eigenvalue weighted by atomic mass is 16.5. The van der Waals surface area contributed by atoms with Gasteiger partial charge in [-0.15, -0.1) is 0 Å². The van der Waals surface area contributed by atoms with Crippen LogP contribution in [0.25, 0.3) is 0 Å². The molecule has 3 nitrogen and oxygen atoms in total. The molecule has 106 valence electrons. The molecular weight excluding hydrogens is 228 g/mol. The first-order chi connectivity index (χ1) is 8.66. The lowest BCUT2D eigenvalue weighted by Gasteiger charge is -2.43. The monoisotopic (exact) mass is 256 g/mol. The van der Waals surface area contributed by atoms with Crippen molar-refractivity contribution in [3.8, 4) is 0 Å². The molecule has 1 unspecified atom stereocenters. The third-order valence-electron chi connectivity index (χ3n) is 5.03. The number of hydrogen-bond acceptors (Lipinski definition) is 3. The molecule has 0 radical (unpaired) electrons. The van der Waals surface area contributed by atoms with E-state index in [-0.39, 0.29) is 11.7 Å². The molecule has 0 aromatic carbocycles. The normalized spacial score (nSPS) is 36.5. The van der Waals surface area contributed by atoms with Crippen molar-refractivity contribution < 1.29 is 14.6 Å². The summed E-state index contributed by atoms with van der Waals surface area (Å²) in [5.74, 6) is 1.39. The molecule has 0 aromatic rings. The van der Waals surface area contributed by atoms with E-state index >= 15 is 0 Å². The van der Waals surface area contributed by atoms with Gasteiger partial charge in [0.15, 0.2) is 0 Å². The Morgan fingerprint density at radius 2 is 1.83 bits per heavy atom. The van der Waals surface area contributed by atoms with Crippen molar-refractivity contribution >= 4 is 0 Å². The van der Waals surface area contributed by atoms with Gasteiger partial charge in [0.05, 0.1) is 11.7 Å². The van der Waals surface area contributed by atoms with Crippen molar-refractivity contribution in [2.75, 3.05) is 20.3 Å². The maximum absolute atomic E-state index is 10.6. The predicted octanol–water partition coefficient (Wildman–Crippen LogP) is 2.76. The van der Waals surface area contributed by atoms with Crippen LogP contribution in [0.2, 0.25) is 0 Å². The Kier molecular flexibility index (Phi) is 5.05. The summed E-state index contributed by atoms with van der Waals surface area (Å²) < 4.78 is 11.1. The maximum atomic E-state index is 10.6. The summed E-state index contributed by atoms with van der Waals surface area (Å²) in [5.41, 5.74) is -0.273. The average Bonchev–Trinajstić information content (AvgIpc) is 2.41. The Balaban J connectivity index is 1.90. The summed E-state index contributed by atoms with van der Waals surface area (Å²) in [4.78, 5) is 0. The number of rotatable bonds is 4. The first kappa shape index (κ1) is 14.3. The van der Waals surface area contributed by atoms with Gasteiger partial charge in [-0.1, -0.05) is 6.92 Å². The minimum absolute atomic E-state index is 0.273. The molecule has 0 aromatic heterocycles. The van der Waals surface area contributed by atoms with E-state index in [0.29, 0.717) is 5.92 Å². The van der Waals surface area contributed by atoms with Crippen molar-refractivity contribution in [2.45, 2.75) is 63.6 Å². The molecule has 1 aliphatic heterocycles. The van der Waals surface area contributed by atoms with Gasteiger partial charge in [0.2, 0.25) is 0 Å². The Morgan fingerprint density at radius 3 is 2.39 bits per heavy atom. The zero-order valence-electron chi connectivity index (χ0n) is 11.9. The minimum atomic E-state index is -0.307. The minimum Gasteiger partial charge on any atom is -0.390 e. The van der Waals surface area contributed by atoms with Gasteiger partial charge in [-0.2, -0.15) is 0 Å². The van der Waals surface area contributed by atoms with Crippen molar-refractivity contribution in [1.82, 2.24) is 0 Å². The molecule has 1 heterocycles. The third-order valence-corrected chi connectivity index (χ3v) is 5.03. The van der Waals surface area contributed by atoms with Gasteiger partial charge in [0.1, 0.15) is 0 Å². The van der Waals surface area contributed by atoms with Crippen LogP contribution in [0.4, 0.5) is 0 Å². The zero-order valence-corrected chi connectivity index (χ0v) is 11.9. The highest BCUT2D eigenvalue weighted by Gasteiger charge is 2.41. The van der Waals surface area contributed by atoms with Crippen molar-refractivity contribution in [3.63, 3.8) is 0 Å². The highest BCUT2D eigenvalue weighted by molar-refractivity contribution is 4.93. The van der Waals surface area contributed by atoms with Crippen molar-refractivity contribution in [3.05, 3.63) is 0 Å². The van der Waals surface area contributed by atoms with Gasteiger partial charge in [-0.3, -0.25) is 0 Å². The summed E-state index contributed by atoms with van der Waals surface area (Å²) in [7, 11) is 1.77. The van der Waals surface area contributed by atoms with E-state index in [9.17, 15) is 5.11 Å². The summed E-state index contributed by atoms with van der Waals surface area (Å²) >= 11 is 0. The average molecular weight is 256 g/mol. The lowest BCUT2D eigenvalue weighted by atomic mass is 9.74. The Hall–Kier alpha value is -0.120. The van der Waals surface area contributed by atoms with E-state index in [0.717, 1.165) is 51.2 Å². The van der Waals surface area contributed by atoms with E-state index in [1.807, 2.05) is 0 Å². The molecule has 1 saturated carbocycles. The highest BCUT2D eigenvalue weighted by Crippen LogP contribution is 2.39. The van der Waals surface area contributed by atoms with Crippen LogP contribution < -0.4 is 0 Å². The molecule has 3 heteroatoms. The number of ether oxygens (including phenoxy) is 2. The fourth-order valence-corrected chi connectivity index (χ4v) is 3.44. The van der Waals surface area contributed by atoms with Crippen LogP contribution in [0.3, 0.4) is 0 Å². The smallest absolute Gasteiger partial charge is 0.0936 e. The fraction of sp³-hybridized carbons (Fsp3) is 1.00. The summed E-state index contributed by atoms with van der Waals surface area (Å²) in [6.07, 6.45) is 7.13. The number of hydrogen-bond donors (Lipinski definition) is 1. The lowest BCUT2D eigenvalue weighted by molar-refractivity contribution is -0.136. The zero-order chi connectivity index (χ0) is 13.0.